The third kappa shape index (κ3) is 7.12. The number of hydrogen-bond donors (Lipinski definition) is 0. The van der Waals surface area contributed by atoms with Crippen LogP contribution >= 0.6 is 14.3 Å². The molecule has 9 rings (SSSR count). The maximum atomic E-state index is 16.5. The number of fused-ring (bicyclic) bond motifs is 2. The second-order valence-corrected chi connectivity index (χ2v) is 20.4. The molecule has 7 aromatic carbocycles. The Morgan fingerprint density at radius 2 is 0.810 bits per heavy atom. The van der Waals surface area contributed by atoms with Crippen molar-refractivity contribution in [3.05, 3.63) is 263 Å². The van der Waals surface area contributed by atoms with Gasteiger partial charge in [-0.3, -0.25) is 0 Å². The van der Waals surface area contributed by atoms with Gasteiger partial charge in [-0.25, -0.2) is 0 Å². The Balaban J connectivity index is 1.44. The van der Waals surface area contributed by atoms with E-state index in [1.54, 1.807) is 0 Å². The lowest BCUT2D eigenvalue weighted by Crippen LogP contribution is -2.27. The van der Waals surface area contributed by atoms with E-state index in [0.717, 1.165) is 76.2 Å². The second-order valence-electron chi connectivity index (χ2n) is 14.7. The molecule has 2 aliphatic rings. The van der Waals surface area contributed by atoms with Gasteiger partial charge in [-0.05, 0) is 55.0 Å². The summed E-state index contributed by atoms with van der Waals surface area (Å²) in [4.78, 5) is 0. The fourth-order valence-corrected chi connectivity index (χ4v) is 13.9. The third-order valence-electron chi connectivity index (χ3n) is 11.2. The largest absolute Gasteiger partial charge is 0.313 e. The van der Waals surface area contributed by atoms with Crippen molar-refractivity contribution in [2.45, 2.75) is 0 Å². The van der Waals surface area contributed by atoms with Crippen LogP contribution in [0, 0.1) is 0 Å². The Morgan fingerprint density at radius 1 is 0.397 bits per heavy atom. The Morgan fingerprint density at radius 3 is 1.31 bits per heavy atom. The van der Waals surface area contributed by atoms with Crippen LogP contribution in [-0.4, -0.2) is 12.3 Å². The first-order valence-corrected chi connectivity index (χ1v) is 23.5. The highest BCUT2D eigenvalue weighted by Crippen LogP contribution is 2.53. The van der Waals surface area contributed by atoms with Crippen molar-refractivity contribution in [2.75, 3.05) is 12.3 Å². The summed E-state index contributed by atoms with van der Waals surface area (Å²) in [6.45, 7) is 0. The molecule has 2 aliphatic carbocycles. The van der Waals surface area contributed by atoms with E-state index in [9.17, 15) is 0 Å². The van der Waals surface area contributed by atoms with Gasteiger partial charge in [0, 0.05) is 33.5 Å². The quantitative estimate of drug-likeness (QED) is 0.130. The Kier molecular flexibility index (Phi) is 10.5. The first-order chi connectivity index (χ1) is 28.5. The van der Waals surface area contributed by atoms with Gasteiger partial charge in [0.25, 0.3) is 0 Å². The van der Waals surface area contributed by atoms with Crippen molar-refractivity contribution >= 4 is 58.3 Å². The maximum Gasteiger partial charge on any atom is 0.147 e. The van der Waals surface area contributed by atoms with E-state index in [0.29, 0.717) is 0 Å². The van der Waals surface area contributed by atoms with Crippen molar-refractivity contribution in [3.8, 4) is 0 Å². The molecule has 0 saturated carbocycles. The minimum Gasteiger partial charge on any atom is -0.313 e. The molecule has 0 aromatic heterocycles. The van der Waals surface area contributed by atoms with Crippen LogP contribution < -0.4 is 31.7 Å². The fourth-order valence-electron chi connectivity index (χ4n) is 8.39. The molecule has 2 nitrogen and oxygen atoms in total. The average Bonchev–Trinajstić information content (AvgIpc) is 3.57. The molecule has 0 spiro atoms. The predicted molar refractivity (Wildman–Crippen MR) is 247 cm³/mol. The SMILES string of the molecule is O=P(CC1=C(CP(=O)(c2ccccc2)c2ccccc2)C2=C(c3ccccc3)C=CC=C(c3ccccc3)C2=c2ccccc2=C1)(c1ccccc1)c1ccccc1. The van der Waals surface area contributed by atoms with E-state index in [1.807, 2.05) is 133 Å². The van der Waals surface area contributed by atoms with Gasteiger partial charge in [0.05, 0.1) is 0 Å². The Hall–Kier alpha value is -6.30. The zero-order valence-corrected chi connectivity index (χ0v) is 33.9. The molecule has 0 aliphatic heterocycles. The first kappa shape index (κ1) is 37.3. The summed E-state index contributed by atoms with van der Waals surface area (Å²) in [5.41, 5.74) is 8.14. The highest BCUT2D eigenvalue weighted by molar-refractivity contribution is 7.79. The summed E-state index contributed by atoms with van der Waals surface area (Å²) >= 11 is 0. The number of allylic oxidation sites excluding steroid dienone is 8. The minimum absolute atomic E-state index is 0.218. The van der Waals surface area contributed by atoms with E-state index in [2.05, 4.69) is 97.1 Å². The van der Waals surface area contributed by atoms with Gasteiger partial charge in [-0.15, -0.1) is 0 Å². The van der Waals surface area contributed by atoms with Crippen molar-refractivity contribution in [2.24, 2.45) is 0 Å². The minimum atomic E-state index is -3.40. The molecule has 0 atom stereocenters. The summed E-state index contributed by atoms with van der Waals surface area (Å²) in [6, 6.07) is 69.3. The molecule has 7 aromatic rings. The highest BCUT2D eigenvalue weighted by Gasteiger charge is 2.37. The van der Waals surface area contributed by atoms with Gasteiger partial charge in [-0.1, -0.05) is 231 Å². The summed E-state index contributed by atoms with van der Waals surface area (Å²) in [6.07, 6.45) is 9.27. The smallest absolute Gasteiger partial charge is 0.147 e. The molecule has 0 heterocycles. The van der Waals surface area contributed by atoms with E-state index in [1.165, 1.54) is 0 Å². The second kappa shape index (κ2) is 16.3. The molecule has 0 fully saturated rings. The Bertz CT molecular complexity index is 2860. The lowest BCUT2D eigenvalue weighted by atomic mass is 9.83. The van der Waals surface area contributed by atoms with Gasteiger partial charge in [-0.2, -0.15) is 0 Å². The summed E-state index contributed by atoms with van der Waals surface area (Å²) in [7, 11) is -6.74. The molecule has 4 heteroatoms. The molecule has 280 valence electrons. The highest BCUT2D eigenvalue weighted by atomic mass is 31.2. The molecule has 0 amide bonds. The van der Waals surface area contributed by atoms with Crippen molar-refractivity contribution in [1.29, 1.82) is 0 Å². The van der Waals surface area contributed by atoms with Crippen LogP contribution in [-0.2, 0) is 9.13 Å². The maximum absolute atomic E-state index is 16.5. The van der Waals surface area contributed by atoms with E-state index in [-0.39, 0.29) is 12.3 Å². The number of hydrogen-bond acceptors (Lipinski definition) is 2. The van der Waals surface area contributed by atoms with E-state index < -0.39 is 14.3 Å². The average molecular weight is 785 g/mol. The molecular weight excluding hydrogens is 743 g/mol. The van der Waals surface area contributed by atoms with Crippen molar-refractivity contribution in [3.63, 3.8) is 0 Å². The fraction of sp³-hybridized carbons (Fsp3) is 0.0370. The zero-order valence-electron chi connectivity index (χ0n) is 32.1. The lowest BCUT2D eigenvalue weighted by molar-refractivity contribution is 0.587. The van der Waals surface area contributed by atoms with Gasteiger partial charge >= 0.3 is 0 Å². The van der Waals surface area contributed by atoms with Crippen LogP contribution in [0.3, 0.4) is 0 Å². The van der Waals surface area contributed by atoms with E-state index in [4.69, 9.17) is 0 Å². The summed E-state index contributed by atoms with van der Waals surface area (Å²) in [5, 5.41) is 5.26. The zero-order chi connectivity index (χ0) is 39.4. The van der Waals surface area contributed by atoms with Crippen LogP contribution in [0.15, 0.2) is 241 Å². The monoisotopic (exact) mass is 784 g/mol. The standard InChI is InChI=1S/C54H42O2P2/c55-57(45-27-11-3-12-28-45,46-29-13-4-14-30-46)39-44-38-43-26-19-20-35-51(43)53-49(41-22-7-1-8-23-41)36-21-37-50(42-24-9-2-10-25-42)54(53)52(44)40-58(56,47-31-15-5-16-32-47)48-33-17-6-18-34-48/h1-38H,39-40H2. The van der Waals surface area contributed by atoms with Crippen LogP contribution in [0.1, 0.15) is 11.1 Å². The summed E-state index contributed by atoms with van der Waals surface area (Å²) in [5.74, 6) is 0. The Labute approximate surface area is 341 Å². The van der Waals surface area contributed by atoms with Gasteiger partial charge in [0.15, 0.2) is 0 Å². The summed E-state index contributed by atoms with van der Waals surface area (Å²) < 4.78 is 32.7. The lowest BCUT2D eigenvalue weighted by Gasteiger charge is -2.28. The topological polar surface area (TPSA) is 34.1 Å². The molecule has 0 N–H and O–H groups in total. The van der Waals surface area contributed by atoms with E-state index >= 15 is 9.13 Å². The molecule has 58 heavy (non-hydrogen) atoms. The van der Waals surface area contributed by atoms with Crippen LogP contribution in [0.25, 0.3) is 22.8 Å². The first-order valence-electron chi connectivity index (χ1n) is 19.7. The third-order valence-corrected chi connectivity index (χ3v) is 17.3. The molecule has 0 bridgehead atoms. The van der Waals surface area contributed by atoms with Crippen molar-refractivity contribution in [1.82, 2.24) is 0 Å². The molecular formula is C54H42O2P2. The van der Waals surface area contributed by atoms with Crippen LogP contribution in [0.5, 0.6) is 0 Å². The van der Waals surface area contributed by atoms with Crippen LogP contribution in [0.4, 0.5) is 0 Å². The van der Waals surface area contributed by atoms with Crippen LogP contribution in [0.2, 0.25) is 0 Å². The number of benzene rings is 7. The predicted octanol–water partition coefficient (Wildman–Crippen LogP) is 10.1. The molecule has 0 radical (unpaired) electrons. The van der Waals surface area contributed by atoms with Crippen molar-refractivity contribution < 1.29 is 9.13 Å². The van der Waals surface area contributed by atoms with Gasteiger partial charge in [0.2, 0.25) is 0 Å². The van der Waals surface area contributed by atoms with Gasteiger partial charge < -0.3 is 9.13 Å². The molecule has 0 unspecified atom stereocenters. The number of rotatable bonds is 10. The molecule has 0 saturated heterocycles. The normalized spacial score (nSPS) is 14.1. The van der Waals surface area contributed by atoms with Gasteiger partial charge in [0.1, 0.15) is 14.3 Å².